The molecule has 0 aliphatic heterocycles. The molecule has 0 atom stereocenters. The standard InChI is InChI=1S/C28H28N6O3/c1-4-7-25-33-26-18(2)14-21(32-27(30-3)31-17-29)15-23(26)34(25)16-19-10-12-20(13-11-19)22-8-5-6-9-24(22)37-28(35)36/h5-6,8-15H,4,7,16H2,1-3H3,(H,35,36)(H2,30,31,32). The number of anilines is 1. The Balaban J connectivity index is 1.69. The summed E-state index contributed by atoms with van der Waals surface area (Å²) in [7, 11) is 1.61. The van der Waals surface area contributed by atoms with Crippen molar-refractivity contribution >= 4 is 28.8 Å². The number of hydrogen-bond donors (Lipinski definition) is 3. The van der Waals surface area contributed by atoms with Crippen LogP contribution in [-0.4, -0.2) is 33.8 Å². The Labute approximate surface area is 215 Å². The minimum atomic E-state index is -1.34. The van der Waals surface area contributed by atoms with Gasteiger partial charge in [-0.1, -0.05) is 49.4 Å². The van der Waals surface area contributed by atoms with E-state index < -0.39 is 6.16 Å². The SMILES string of the molecule is CCCc1nc2c(C)cc(NC(=NC)NC#N)cc2n1Cc1ccc(-c2ccccc2OC(=O)O)cc1. The van der Waals surface area contributed by atoms with Crippen LogP contribution >= 0.6 is 0 Å². The molecule has 9 nitrogen and oxygen atoms in total. The maximum Gasteiger partial charge on any atom is 0.511 e. The van der Waals surface area contributed by atoms with Crippen LogP contribution in [-0.2, 0) is 13.0 Å². The quantitative estimate of drug-likeness (QED) is 0.0766. The lowest BCUT2D eigenvalue weighted by Crippen LogP contribution is -2.26. The predicted octanol–water partition coefficient (Wildman–Crippen LogP) is 5.54. The third-order valence-electron chi connectivity index (χ3n) is 5.95. The third kappa shape index (κ3) is 5.70. The van der Waals surface area contributed by atoms with E-state index in [1.165, 1.54) is 0 Å². The second-order valence-electron chi connectivity index (χ2n) is 8.52. The zero-order valence-corrected chi connectivity index (χ0v) is 20.9. The zero-order valence-electron chi connectivity index (χ0n) is 20.9. The van der Waals surface area contributed by atoms with Gasteiger partial charge >= 0.3 is 6.16 Å². The van der Waals surface area contributed by atoms with Gasteiger partial charge in [-0.15, -0.1) is 0 Å². The molecular formula is C28H28N6O3. The molecule has 1 aromatic heterocycles. The Kier molecular flexibility index (Phi) is 7.69. The van der Waals surface area contributed by atoms with Crippen molar-refractivity contribution in [1.29, 1.82) is 5.26 Å². The van der Waals surface area contributed by atoms with E-state index >= 15 is 0 Å². The summed E-state index contributed by atoms with van der Waals surface area (Å²) < 4.78 is 7.16. The van der Waals surface area contributed by atoms with Gasteiger partial charge in [0.25, 0.3) is 0 Å². The Morgan fingerprint density at radius 2 is 1.95 bits per heavy atom. The molecule has 37 heavy (non-hydrogen) atoms. The second-order valence-corrected chi connectivity index (χ2v) is 8.52. The summed E-state index contributed by atoms with van der Waals surface area (Å²) in [6.45, 7) is 4.77. The van der Waals surface area contributed by atoms with Crippen molar-refractivity contribution in [2.45, 2.75) is 33.2 Å². The number of para-hydroxylation sites is 1. The van der Waals surface area contributed by atoms with E-state index in [2.05, 4.69) is 27.1 Å². The molecule has 0 aliphatic rings. The molecule has 0 amide bonds. The van der Waals surface area contributed by atoms with Gasteiger partial charge in [-0.05, 0) is 48.2 Å². The van der Waals surface area contributed by atoms with E-state index in [1.54, 1.807) is 19.2 Å². The number of imidazole rings is 1. The van der Waals surface area contributed by atoms with Crippen molar-refractivity contribution in [3.63, 3.8) is 0 Å². The van der Waals surface area contributed by atoms with Crippen LogP contribution in [0.4, 0.5) is 10.5 Å². The molecule has 3 aromatic carbocycles. The van der Waals surface area contributed by atoms with E-state index in [0.717, 1.165) is 52.1 Å². The number of carbonyl (C=O) groups is 1. The van der Waals surface area contributed by atoms with Crippen LogP contribution in [0, 0.1) is 18.4 Å². The highest BCUT2D eigenvalue weighted by molar-refractivity contribution is 5.96. The van der Waals surface area contributed by atoms with Crippen LogP contribution < -0.4 is 15.4 Å². The van der Waals surface area contributed by atoms with Crippen molar-refractivity contribution in [3.8, 4) is 23.1 Å². The van der Waals surface area contributed by atoms with Gasteiger partial charge in [0.05, 0.1) is 11.0 Å². The van der Waals surface area contributed by atoms with Gasteiger partial charge in [-0.3, -0.25) is 10.3 Å². The molecular weight excluding hydrogens is 468 g/mol. The van der Waals surface area contributed by atoms with Crippen LogP contribution in [0.5, 0.6) is 5.75 Å². The van der Waals surface area contributed by atoms with Crippen molar-refractivity contribution in [2.75, 3.05) is 12.4 Å². The summed E-state index contributed by atoms with van der Waals surface area (Å²) in [5.74, 6) is 1.66. The van der Waals surface area contributed by atoms with E-state index in [4.69, 9.17) is 20.1 Å². The first-order valence-corrected chi connectivity index (χ1v) is 11.9. The average Bonchev–Trinajstić information content (AvgIpc) is 3.22. The lowest BCUT2D eigenvalue weighted by molar-refractivity contribution is 0.144. The smallest absolute Gasteiger partial charge is 0.449 e. The number of guanidine groups is 1. The number of ether oxygens (including phenoxy) is 1. The highest BCUT2D eigenvalue weighted by Gasteiger charge is 2.15. The summed E-state index contributed by atoms with van der Waals surface area (Å²) in [4.78, 5) is 20.1. The van der Waals surface area contributed by atoms with Crippen LogP contribution in [0.15, 0.2) is 65.7 Å². The fourth-order valence-electron chi connectivity index (χ4n) is 4.30. The van der Waals surface area contributed by atoms with Gasteiger partial charge in [0.2, 0.25) is 5.96 Å². The molecule has 1 heterocycles. The Morgan fingerprint density at radius 1 is 1.19 bits per heavy atom. The number of benzene rings is 3. The number of nitrogens with one attached hydrogen (secondary N) is 2. The molecule has 0 radical (unpaired) electrons. The highest BCUT2D eigenvalue weighted by Crippen LogP contribution is 2.31. The number of nitriles is 1. The first kappa shape index (κ1) is 25.3. The van der Waals surface area contributed by atoms with Gasteiger partial charge in [-0.2, -0.15) is 5.26 Å². The summed E-state index contributed by atoms with van der Waals surface area (Å²) in [6.07, 6.45) is 2.35. The fraction of sp³-hybridized carbons (Fsp3) is 0.214. The number of aryl methyl sites for hydroxylation is 2. The van der Waals surface area contributed by atoms with Crippen molar-refractivity contribution in [3.05, 3.63) is 77.6 Å². The highest BCUT2D eigenvalue weighted by atomic mass is 16.7. The van der Waals surface area contributed by atoms with E-state index in [1.807, 2.05) is 61.6 Å². The summed E-state index contributed by atoms with van der Waals surface area (Å²) in [6, 6.07) is 19.1. The molecule has 4 aromatic rings. The van der Waals surface area contributed by atoms with Gasteiger partial charge in [0.15, 0.2) is 6.19 Å². The van der Waals surface area contributed by atoms with Gasteiger partial charge < -0.3 is 19.7 Å². The molecule has 0 fully saturated rings. The normalized spacial score (nSPS) is 11.2. The molecule has 0 spiro atoms. The molecule has 0 saturated carbocycles. The molecule has 3 N–H and O–H groups in total. The average molecular weight is 497 g/mol. The minimum Gasteiger partial charge on any atom is -0.449 e. The fourth-order valence-corrected chi connectivity index (χ4v) is 4.30. The maximum absolute atomic E-state index is 11.1. The Hall–Kier alpha value is -4.84. The topological polar surface area (TPSA) is 125 Å². The number of aliphatic imine (C=N–C) groups is 1. The van der Waals surface area contributed by atoms with Crippen molar-refractivity contribution in [2.24, 2.45) is 4.99 Å². The summed E-state index contributed by atoms with van der Waals surface area (Å²) in [5, 5.41) is 23.7. The third-order valence-corrected chi connectivity index (χ3v) is 5.95. The molecule has 0 unspecified atom stereocenters. The van der Waals surface area contributed by atoms with E-state index in [0.29, 0.717) is 23.8 Å². The Bertz CT molecular complexity index is 1500. The van der Waals surface area contributed by atoms with Crippen LogP contribution in [0.3, 0.4) is 0 Å². The predicted molar refractivity (Wildman–Crippen MR) is 144 cm³/mol. The number of rotatable bonds is 7. The lowest BCUT2D eigenvalue weighted by Gasteiger charge is -2.13. The first-order valence-electron chi connectivity index (χ1n) is 11.9. The minimum absolute atomic E-state index is 0.296. The number of nitrogens with zero attached hydrogens (tertiary/aromatic N) is 4. The van der Waals surface area contributed by atoms with Crippen LogP contribution in [0.2, 0.25) is 0 Å². The molecule has 0 aliphatic carbocycles. The zero-order chi connectivity index (χ0) is 26.4. The number of aromatic nitrogens is 2. The summed E-state index contributed by atoms with van der Waals surface area (Å²) in [5.41, 5.74) is 6.41. The number of carboxylic acid groups (broad SMARTS) is 1. The van der Waals surface area contributed by atoms with Gasteiger partial charge in [0.1, 0.15) is 11.6 Å². The number of fused-ring (bicyclic) bond motifs is 1. The van der Waals surface area contributed by atoms with Gasteiger partial charge in [-0.25, -0.2) is 9.78 Å². The first-order chi connectivity index (χ1) is 17.9. The molecule has 0 saturated heterocycles. The maximum atomic E-state index is 11.1. The summed E-state index contributed by atoms with van der Waals surface area (Å²) >= 11 is 0. The molecule has 0 bridgehead atoms. The van der Waals surface area contributed by atoms with E-state index in [9.17, 15) is 4.79 Å². The van der Waals surface area contributed by atoms with E-state index in [-0.39, 0.29) is 0 Å². The van der Waals surface area contributed by atoms with Crippen molar-refractivity contribution < 1.29 is 14.6 Å². The molecule has 9 heteroatoms. The molecule has 4 rings (SSSR count). The largest absolute Gasteiger partial charge is 0.511 e. The van der Waals surface area contributed by atoms with Crippen molar-refractivity contribution in [1.82, 2.24) is 14.9 Å². The second kappa shape index (κ2) is 11.3. The van der Waals surface area contributed by atoms with Crippen LogP contribution in [0.25, 0.3) is 22.2 Å². The van der Waals surface area contributed by atoms with Gasteiger partial charge in [0, 0.05) is 31.3 Å². The monoisotopic (exact) mass is 496 g/mol. The number of hydrogen-bond acceptors (Lipinski definition) is 5. The molecule has 188 valence electrons. The lowest BCUT2D eigenvalue weighted by atomic mass is 10.0. The Morgan fingerprint density at radius 3 is 2.62 bits per heavy atom. The van der Waals surface area contributed by atoms with Crippen LogP contribution in [0.1, 0.15) is 30.3 Å².